The van der Waals surface area contributed by atoms with Crippen molar-refractivity contribution in [2.24, 2.45) is 13.0 Å². The first-order chi connectivity index (χ1) is 12.0. The van der Waals surface area contributed by atoms with Crippen LogP contribution in [0, 0.1) is 5.92 Å². The minimum absolute atomic E-state index is 0.0602. The van der Waals surface area contributed by atoms with Crippen LogP contribution in [0.3, 0.4) is 0 Å². The second-order valence-electron chi connectivity index (χ2n) is 7.37. The topological polar surface area (TPSA) is 67.2 Å². The molecule has 4 rings (SSSR count). The summed E-state index contributed by atoms with van der Waals surface area (Å²) in [5, 5.41) is 17.8. The van der Waals surface area contributed by atoms with Gasteiger partial charge in [0.15, 0.2) is 0 Å². The molecule has 1 heterocycles. The van der Waals surface area contributed by atoms with Crippen LogP contribution in [0.25, 0.3) is 0 Å². The van der Waals surface area contributed by atoms with Gasteiger partial charge < -0.3 is 10.4 Å². The van der Waals surface area contributed by atoms with Crippen molar-refractivity contribution in [3.8, 4) is 0 Å². The summed E-state index contributed by atoms with van der Waals surface area (Å²) in [7, 11) is 1.87. The Morgan fingerprint density at radius 2 is 2.04 bits per heavy atom. The fourth-order valence-electron chi connectivity index (χ4n) is 3.80. The fraction of sp³-hybridized carbons (Fsp3) is 0.474. The van der Waals surface area contributed by atoms with Gasteiger partial charge in [-0.3, -0.25) is 9.48 Å². The number of hydrogen-bond donors (Lipinski definition) is 2. The SMILES string of the molecule is Cn1cc([C@@H](NC(=O)C2(c3ccc(Cl)cc3)CC2)C2CC(O)C2)cn1. The van der Waals surface area contributed by atoms with Crippen LogP contribution in [0.2, 0.25) is 5.02 Å². The number of aliphatic hydroxyl groups is 1. The van der Waals surface area contributed by atoms with E-state index in [2.05, 4.69) is 10.4 Å². The molecule has 2 aromatic rings. The Labute approximate surface area is 152 Å². The predicted octanol–water partition coefficient (Wildman–Crippen LogP) is 2.73. The fourth-order valence-corrected chi connectivity index (χ4v) is 3.92. The normalized spacial score (nSPS) is 25.1. The minimum atomic E-state index is -0.437. The van der Waals surface area contributed by atoms with Gasteiger partial charge in [-0.1, -0.05) is 23.7 Å². The van der Waals surface area contributed by atoms with E-state index in [1.54, 1.807) is 10.9 Å². The van der Waals surface area contributed by atoms with Gasteiger partial charge in [0.25, 0.3) is 0 Å². The molecule has 1 aromatic carbocycles. The molecule has 25 heavy (non-hydrogen) atoms. The van der Waals surface area contributed by atoms with Crippen molar-refractivity contribution in [3.05, 3.63) is 52.8 Å². The number of carbonyl (C=O) groups is 1. The van der Waals surface area contributed by atoms with Gasteiger partial charge in [-0.25, -0.2) is 0 Å². The maximum Gasteiger partial charge on any atom is 0.231 e. The third-order valence-electron chi connectivity index (χ3n) is 5.57. The monoisotopic (exact) mass is 359 g/mol. The minimum Gasteiger partial charge on any atom is -0.393 e. The number of aliphatic hydroxyl groups excluding tert-OH is 1. The summed E-state index contributed by atoms with van der Waals surface area (Å²) in [6.07, 6.45) is 6.63. The van der Waals surface area contributed by atoms with Gasteiger partial charge in [-0.2, -0.15) is 5.10 Å². The Morgan fingerprint density at radius 1 is 1.36 bits per heavy atom. The number of carbonyl (C=O) groups excluding carboxylic acids is 1. The summed E-state index contributed by atoms with van der Waals surface area (Å²) >= 11 is 5.98. The Balaban J connectivity index is 1.55. The van der Waals surface area contributed by atoms with Crippen molar-refractivity contribution in [3.63, 3.8) is 0 Å². The first kappa shape index (κ1) is 16.6. The first-order valence-electron chi connectivity index (χ1n) is 8.71. The molecule has 5 nitrogen and oxygen atoms in total. The lowest BCUT2D eigenvalue weighted by atomic mass is 9.75. The average molecular weight is 360 g/mol. The highest BCUT2D eigenvalue weighted by atomic mass is 35.5. The van der Waals surface area contributed by atoms with E-state index in [0.717, 1.165) is 24.0 Å². The molecule has 1 aromatic heterocycles. The lowest BCUT2D eigenvalue weighted by Gasteiger charge is -2.38. The number of hydrogen-bond acceptors (Lipinski definition) is 3. The predicted molar refractivity (Wildman–Crippen MR) is 95.2 cm³/mol. The zero-order chi connectivity index (χ0) is 17.6. The van der Waals surface area contributed by atoms with E-state index >= 15 is 0 Å². The van der Waals surface area contributed by atoms with Gasteiger partial charge in [0.05, 0.1) is 23.8 Å². The second kappa shape index (κ2) is 6.15. The van der Waals surface area contributed by atoms with Crippen LogP contribution in [0.15, 0.2) is 36.7 Å². The van der Waals surface area contributed by atoms with Crippen LogP contribution in [0.4, 0.5) is 0 Å². The Morgan fingerprint density at radius 3 is 2.56 bits per heavy atom. The molecule has 0 saturated heterocycles. The van der Waals surface area contributed by atoms with E-state index in [4.69, 9.17) is 11.6 Å². The maximum absolute atomic E-state index is 13.1. The van der Waals surface area contributed by atoms with E-state index in [-0.39, 0.29) is 24.0 Å². The number of aryl methyl sites for hydroxylation is 1. The molecule has 0 radical (unpaired) electrons. The van der Waals surface area contributed by atoms with Gasteiger partial charge in [0, 0.05) is 23.8 Å². The summed E-state index contributed by atoms with van der Waals surface area (Å²) < 4.78 is 1.75. The van der Waals surface area contributed by atoms with Crippen LogP contribution in [0.1, 0.15) is 42.9 Å². The quantitative estimate of drug-likeness (QED) is 0.862. The molecule has 6 heteroatoms. The standard InChI is InChI=1S/C19H22ClN3O2/c1-23-11-13(10-21-23)17(12-8-16(24)9-12)22-18(25)19(6-7-19)14-2-4-15(20)5-3-14/h2-5,10-12,16-17,24H,6-9H2,1H3,(H,22,25)/t12?,16?,17-/m0/s1. The van der Waals surface area contributed by atoms with Gasteiger partial charge in [0.1, 0.15) is 0 Å². The third-order valence-corrected chi connectivity index (χ3v) is 5.83. The molecule has 2 aliphatic carbocycles. The molecule has 1 amide bonds. The summed E-state index contributed by atoms with van der Waals surface area (Å²) in [5.74, 6) is 0.314. The zero-order valence-corrected chi connectivity index (χ0v) is 14.9. The van der Waals surface area contributed by atoms with Crippen molar-refractivity contribution in [2.75, 3.05) is 0 Å². The van der Waals surface area contributed by atoms with E-state index in [1.165, 1.54) is 0 Å². The number of aromatic nitrogens is 2. The number of nitrogens with zero attached hydrogens (tertiary/aromatic N) is 2. The van der Waals surface area contributed by atoms with E-state index < -0.39 is 5.41 Å². The molecule has 1 atom stereocenters. The summed E-state index contributed by atoms with van der Waals surface area (Å²) in [4.78, 5) is 13.1. The first-order valence-corrected chi connectivity index (χ1v) is 9.09. The van der Waals surface area contributed by atoms with E-state index in [1.807, 2.05) is 37.5 Å². The molecular formula is C19H22ClN3O2. The Hall–Kier alpha value is -1.85. The van der Waals surface area contributed by atoms with Crippen molar-refractivity contribution in [1.82, 2.24) is 15.1 Å². The van der Waals surface area contributed by atoms with Gasteiger partial charge >= 0.3 is 0 Å². The molecule has 0 spiro atoms. The summed E-state index contributed by atoms with van der Waals surface area (Å²) in [6.45, 7) is 0. The van der Waals surface area contributed by atoms with E-state index in [9.17, 15) is 9.90 Å². The van der Waals surface area contributed by atoms with Crippen molar-refractivity contribution in [1.29, 1.82) is 0 Å². The lowest BCUT2D eigenvalue weighted by molar-refractivity contribution is -0.125. The number of halogens is 1. The molecule has 2 aliphatic rings. The van der Waals surface area contributed by atoms with Gasteiger partial charge in [-0.05, 0) is 49.3 Å². The molecule has 2 saturated carbocycles. The Kier molecular flexibility index (Phi) is 4.08. The highest BCUT2D eigenvalue weighted by molar-refractivity contribution is 6.30. The lowest BCUT2D eigenvalue weighted by Crippen LogP contribution is -2.44. The second-order valence-corrected chi connectivity index (χ2v) is 7.81. The molecule has 0 aliphatic heterocycles. The molecule has 2 fully saturated rings. The third kappa shape index (κ3) is 3.07. The molecule has 0 bridgehead atoms. The van der Waals surface area contributed by atoms with Crippen LogP contribution in [0.5, 0.6) is 0 Å². The summed E-state index contributed by atoms with van der Waals surface area (Å²) in [5.41, 5.74) is 1.58. The number of rotatable bonds is 5. The smallest absolute Gasteiger partial charge is 0.231 e. The molecule has 0 unspecified atom stereocenters. The van der Waals surface area contributed by atoms with Crippen molar-refractivity contribution < 1.29 is 9.90 Å². The molecular weight excluding hydrogens is 338 g/mol. The average Bonchev–Trinajstić information content (AvgIpc) is 3.26. The van der Waals surface area contributed by atoms with Gasteiger partial charge in [0.2, 0.25) is 5.91 Å². The van der Waals surface area contributed by atoms with Gasteiger partial charge in [-0.15, -0.1) is 0 Å². The van der Waals surface area contributed by atoms with E-state index in [0.29, 0.717) is 17.9 Å². The summed E-state index contributed by atoms with van der Waals surface area (Å²) in [6, 6.07) is 7.47. The highest BCUT2D eigenvalue weighted by Crippen LogP contribution is 2.49. The molecule has 132 valence electrons. The van der Waals surface area contributed by atoms with Crippen molar-refractivity contribution >= 4 is 17.5 Å². The Bertz CT molecular complexity index is 776. The number of nitrogens with one attached hydrogen (secondary N) is 1. The maximum atomic E-state index is 13.1. The van der Waals surface area contributed by atoms with Crippen LogP contribution < -0.4 is 5.32 Å². The largest absolute Gasteiger partial charge is 0.393 e. The number of amides is 1. The number of benzene rings is 1. The molecule has 2 N–H and O–H groups in total. The van der Waals surface area contributed by atoms with Crippen LogP contribution in [-0.2, 0) is 17.3 Å². The van der Waals surface area contributed by atoms with Crippen LogP contribution in [-0.4, -0.2) is 26.9 Å². The van der Waals surface area contributed by atoms with Crippen molar-refractivity contribution in [2.45, 2.75) is 43.2 Å². The zero-order valence-electron chi connectivity index (χ0n) is 14.2. The highest BCUT2D eigenvalue weighted by Gasteiger charge is 2.52. The van der Waals surface area contributed by atoms with Crippen LogP contribution >= 0.6 is 11.6 Å².